The van der Waals surface area contributed by atoms with Crippen LogP contribution in [0, 0.1) is 17.6 Å². The topological polar surface area (TPSA) is 66.5 Å². The quantitative estimate of drug-likeness (QED) is 0.917. The summed E-state index contributed by atoms with van der Waals surface area (Å²) < 4.78 is 52.1. The molecule has 2 rings (SSSR count). The number of rotatable bonds is 4. The Labute approximate surface area is 128 Å². The maximum atomic E-state index is 13.5. The van der Waals surface area contributed by atoms with Crippen LogP contribution in [0.15, 0.2) is 18.2 Å². The van der Waals surface area contributed by atoms with Crippen molar-refractivity contribution in [2.75, 3.05) is 24.2 Å². The minimum atomic E-state index is -3.37. The highest BCUT2D eigenvalue weighted by atomic mass is 32.2. The SMILES string of the molecule is CCS(=O)(=O)N1CCCC(C(=O)Nc2c(F)cccc2F)C1. The Morgan fingerprint density at radius 3 is 2.59 bits per heavy atom. The highest BCUT2D eigenvalue weighted by Crippen LogP contribution is 2.23. The van der Waals surface area contributed by atoms with E-state index in [0.717, 1.165) is 12.1 Å². The smallest absolute Gasteiger partial charge is 0.228 e. The molecule has 0 spiro atoms. The van der Waals surface area contributed by atoms with Gasteiger partial charge in [0.1, 0.15) is 17.3 Å². The standard InChI is InChI=1S/C14H18F2N2O3S/c1-2-22(20,21)18-8-4-5-10(9-18)14(19)17-13-11(15)6-3-7-12(13)16/h3,6-7,10H,2,4-5,8-9H2,1H3,(H,17,19). The van der Waals surface area contributed by atoms with Crippen LogP contribution in [0.5, 0.6) is 0 Å². The van der Waals surface area contributed by atoms with Crippen LogP contribution >= 0.6 is 0 Å². The van der Waals surface area contributed by atoms with E-state index in [1.54, 1.807) is 0 Å². The Morgan fingerprint density at radius 2 is 2.00 bits per heavy atom. The van der Waals surface area contributed by atoms with Gasteiger partial charge in [-0.15, -0.1) is 0 Å². The number of hydrogen-bond donors (Lipinski definition) is 1. The third-order valence-corrected chi connectivity index (χ3v) is 5.57. The molecular weight excluding hydrogens is 314 g/mol. The lowest BCUT2D eigenvalue weighted by atomic mass is 9.98. The van der Waals surface area contributed by atoms with Gasteiger partial charge in [0.05, 0.1) is 11.7 Å². The first kappa shape index (κ1) is 16.8. The second kappa shape index (κ2) is 6.70. The van der Waals surface area contributed by atoms with Crippen molar-refractivity contribution in [2.45, 2.75) is 19.8 Å². The molecule has 5 nitrogen and oxygen atoms in total. The summed E-state index contributed by atoms with van der Waals surface area (Å²) in [6.45, 7) is 1.94. The fourth-order valence-electron chi connectivity index (χ4n) is 2.43. The Hall–Kier alpha value is -1.54. The average Bonchev–Trinajstić information content (AvgIpc) is 2.51. The molecule has 0 saturated carbocycles. The van der Waals surface area contributed by atoms with Crippen LogP contribution in [0.1, 0.15) is 19.8 Å². The summed E-state index contributed by atoms with van der Waals surface area (Å²) in [4.78, 5) is 12.2. The van der Waals surface area contributed by atoms with E-state index < -0.39 is 39.2 Å². The minimum Gasteiger partial charge on any atom is -0.321 e. The van der Waals surface area contributed by atoms with Gasteiger partial charge in [-0.1, -0.05) is 6.07 Å². The van der Waals surface area contributed by atoms with E-state index in [4.69, 9.17) is 0 Å². The summed E-state index contributed by atoms with van der Waals surface area (Å²) in [6.07, 6.45) is 1.02. The van der Waals surface area contributed by atoms with Crippen molar-refractivity contribution in [3.63, 3.8) is 0 Å². The number of sulfonamides is 1. The number of benzene rings is 1. The number of hydrogen-bond acceptors (Lipinski definition) is 3. The van der Waals surface area contributed by atoms with E-state index in [0.29, 0.717) is 19.4 Å². The maximum Gasteiger partial charge on any atom is 0.228 e. The van der Waals surface area contributed by atoms with Crippen LogP contribution in [0.2, 0.25) is 0 Å². The van der Waals surface area contributed by atoms with Crippen LogP contribution in [0.3, 0.4) is 0 Å². The number of anilines is 1. The number of piperidine rings is 1. The minimum absolute atomic E-state index is 0.0384. The zero-order valence-corrected chi connectivity index (χ0v) is 13.0. The predicted molar refractivity (Wildman–Crippen MR) is 78.7 cm³/mol. The second-order valence-electron chi connectivity index (χ2n) is 5.18. The summed E-state index contributed by atoms with van der Waals surface area (Å²) in [5, 5.41) is 2.23. The van der Waals surface area contributed by atoms with E-state index in [1.165, 1.54) is 17.3 Å². The monoisotopic (exact) mass is 332 g/mol. The number of carbonyl (C=O) groups excluding carboxylic acids is 1. The van der Waals surface area contributed by atoms with Crippen LogP contribution < -0.4 is 5.32 Å². The first-order valence-corrected chi connectivity index (χ1v) is 8.68. The van der Waals surface area contributed by atoms with Crippen molar-refractivity contribution in [2.24, 2.45) is 5.92 Å². The van der Waals surface area contributed by atoms with Crippen molar-refractivity contribution in [1.29, 1.82) is 0 Å². The van der Waals surface area contributed by atoms with E-state index >= 15 is 0 Å². The molecule has 1 aromatic rings. The predicted octanol–water partition coefficient (Wildman–Crippen LogP) is 1.96. The van der Waals surface area contributed by atoms with Gasteiger partial charge in [-0.3, -0.25) is 4.79 Å². The Balaban J connectivity index is 2.10. The first-order chi connectivity index (χ1) is 10.3. The third kappa shape index (κ3) is 3.61. The Kier molecular flexibility index (Phi) is 5.12. The van der Waals surface area contributed by atoms with Gasteiger partial charge in [0.25, 0.3) is 0 Å². The van der Waals surface area contributed by atoms with Gasteiger partial charge in [0.2, 0.25) is 15.9 Å². The molecule has 1 aromatic carbocycles. The molecule has 1 aliphatic heterocycles. The molecule has 0 radical (unpaired) electrons. The van der Waals surface area contributed by atoms with Gasteiger partial charge < -0.3 is 5.32 Å². The molecule has 1 atom stereocenters. The van der Waals surface area contributed by atoms with Crippen LogP contribution in [0.4, 0.5) is 14.5 Å². The van der Waals surface area contributed by atoms with E-state index in [2.05, 4.69) is 5.32 Å². The zero-order valence-electron chi connectivity index (χ0n) is 12.2. The fourth-order valence-corrected chi connectivity index (χ4v) is 3.61. The third-order valence-electron chi connectivity index (χ3n) is 3.72. The summed E-state index contributed by atoms with van der Waals surface area (Å²) in [5.74, 6) is -2.94. The van der Waals surface area contributed by atoms with Crippen molar-refractivity contribution in [1.82, 2.24) is 4.31 Å². The molecule has 1 fully saturated rings. The molecule has 1 saturated heterocycles. The van der Waals surface area contributed by atoms with Gasteiger partial charge in [-0.05, 0) is 31.9 Å². The first-order valence-electron chi connectivity index (χ1n) is 7.08. The molecule has 22 heavy (non-hydrogen) atoms. The van der Waals surface area contributed by atoms with Crippen molar-refractivity contribution >= 4 is 21.6 Å². The van der Waals surface area contributed by atoms with Gasteiger partial charge in [-0.2, -0.15) is 0 Å². The highest BCUT2D eigenvalue weighted by Gasteiger charge is 2.32. The lowest BCUT2D eigenvalue weighted by Crippen LogP contribution is -2.44. The highest BCUT2D eigenvalue weighted by molar-refractivity contribution is 7.89. The Bertz CT molecular complexity index is 644. The number of para-hydroxylation sites is 1. The van der Waals surface area contributed by atoms with Crippen molar-refractivity contribution < 1.29 is 22.0 Å². The van der Waals surface area contributed by atoms with Crippen LogP contribution in [-0.2, 0) is 14.8 Å². The number of carbonyl (C=O) groups is 1. The van der Waals surface area contributed by atoms with Gasteiger partial charge in [0, 0.05) is 13.1 Å². The normalized spacial score (nSPS) is 19.9. The van der Waals surface area contributed by atoms with Crippen LogP contribution in [-0.4, -0.2) is 37.5 Å². The van der Waals surface area contributed by atoms with E-state index in [9.17, 15) is 22.0 Å². The molecule has 8 heteroatoms. The van der Waals surface area contributed by atoms with E-state index in [1.807, 2.05) is 0 Å². The molecule has 1 heterocycles. The van der Waals surface area contributed by atoms with Gasteiger partial charge in [-0.25, -0.2) is 21.5 Å². The molecule has 1 N–H and O–H groups in total. The van der Waals surface area contributed by atoms with Gasteiger partial charge in [0.15, 0.2) is 0 Å². The number of nitrogens with zero attached hydrogens (tertiary/aromatic N) is 1. The van der Waals surface area contributed by atoms with Gasteiger partial charge >= 0.3 is 0 Å². The summed E-state index contributed by atoms with van der Waals surface area (Å²) >= 11 is 0. The van der Waals surface area contributed by atoms with Crippen molar-refractivity contribution in [3.8, 4) is 0 Å². The summed E-state index contributed by atoms with van der Waals surface area (Å²) in [6, 6.07) is 3.30. The molecule has 1 amide bonds. The largest absolute Gasteiger partial charge is 0.321 e. The molecule has 0 bridgehead atoms. The molecule has 122 valence electrons. The lowest BCUT2D eigenvalue weighted by Gasteiger charge is -2.30. The molecule has 1 aliphatic rings. The van der Waals surface area contributed by atoms with E-state index in [-0.39, 0.29) is 12.3 Å². The molecule has 0 aromatic heterocycles. The van der Waals surface area contributed by atoms with Crippen LogP contribution in [0.25, 0.3) is 0 Å². The zero-order chi connectivity index (χ0) is 16.3. The maximum absolute atomic E-state index is 13.5. The molecule has 0 aliphatic carbocycles. The lowest BCUT2D eigenvalue weighted by molar-refractivity contribution is -0.120. The Morgan fingerprint density at radius 1 is 1.36 bits per heavy atom. The van der Waals surface area contributed by atoms with Crippen molar-refractivity contribution in [3.05, 3.63) is 29.8 Å². The number of amides is 1. The fraction of sp³-hybridized carbons (Fsp3) is 0.500. The number of nitrogens with one attached hydrogen (secondary N) is 1. The second-order valence-corrected chi connectivity index (χ2v) is 7.44. The summed E-state index contributed by atoms with van der Waals surface area (Å²) in [5.41, 5.74) is -0.497. The average molecular weight is 332 g/mol. The molecular formula is C14H18F2N2O3S. The number of halogens is 2. The molecule has 1 unspecified atom stereocenters. The summed E-state index contributed by atoms with van der Waals surface area (Å²) in [7, 11) is -3.37.